The summed E-state index contributed by atoms with van der Waals surface area (Å²) in [6, 6.07) is 5.79. The largest absolute Gasteiger partial charge is 0.496 e. The van der Waals surface area contributed by atoms with Crippen LogP contribution < -0.4 is 4.74 Å². The summed E-state index contributed by atoms with van der Waals surface area (Å²) in [5, 5.41) is 9.76. The number of rotatable bonds is 10. The quantitative estimate of drug-likeness (QED) is 0.240. The molecule has 2 aromatic rings. The van der Waals surface area contributed by atoms with Crippen molar-refractivity contribution in [2.45, 2.75) is 53.9 Å². The maximum atomic E-state index is 13.2. The minimum absolute atomic E-state index is 0.0495. The zero-order chi connectivity index (χ0) is 26.3. The predicted octanol–water partition coefficient (Wildman–Crippen LogP) is 5.57. The number of nitrogens with zero attached hydrogens (tertiary/aromatic N) is 1. The number of carbonyl (C=O) groups excluding carboxylic acids is 3. The smallest absolute Gasteiger partial charge is 0.348 e. The van der Waals surface area contributed by atoms with E-state index in [0.29, 0.717) is 10.4 Å². The molecule has 0 N–H and O–H groups in total. The van der Waals surface area contributed by atoms with Crippen LogP contribution in [0.5, 0.6) is 5.75 Å². The van der Waals surface area contributed by atoms with Crippen LogP contribution in [0.2, 0.25) is 0 Å². The van der Waals surface area contributed by atoms with Crippen molar-refractivity contribution in [2.75, 3.05) is 20.3 Å². The van der Waals surface area contributed by atoms with Crippen LogP contribution >= 0.6 is 11.3 Å². The second-order valence-corrected chi connectivity index (χ2v) is 9.28. The predicted molar refractivity (Wildman–Crippen MR) is 135 cm³/mol. The highest BCUT2D eigenvalue weighted by Crippen LogP contribution is 2.32. The van der Waals surface area contributed by atoms with Gasteiger partial charge in [-0.25, -0.2) is 9.59 Å². The van der Waals surface area contributed by atoms with Gasteiger partial charge in [-0.2, -0.15) is 5.26 Å². The first-order chi connectivity index (χ1) is 16.6. The first kappa shape index (κ1) is 27.8. The van der Waals surface area contributed by atoms with Crippen molar-refractivity contribution in [3.63, 3.8) is 0 Å². The van der Waals surface area contributed by atoms with Crippen LogP contribution in [0.1, 0.15) is 80.8 Å². The van der Waals surface area contributed by atoms with Gasteiger partial charge in [0.15, 0.2) is 5.78 Å². The van der Waals surface area contributed by atoms with E-state index < -0.39 is 17.7 Å². The molecule has 0 aliphatic rings. The number of ether oxygens (including phenoxy) is 3. The molecule has 0 aliphatic carbocycles. The summed E-state index contributed by atoms with van der Waals surface area (Å²) in [7, 11) is 1.61. The molecule has 1 heterocycles. The van der Waals surface area contributed by atoms with Gasteiger partial charge in [-0.1, -0.05) is 13.8 Å². The number of nitriles is 1. The fourth-order valence-electron chi connectivity index (χ4n) is 3.63. The number of ketones is 1. The Labute approximate surface area is 210 Å². The summed E-state index contributed by atoms with van der Waals surface area (Å²) < 4.78 is 15.7. The molecule has 0 atom stereocenters. The normalized spacial score (nSPS) is 11.2. The Hall–Kier alpha value is -3.44. The third-order valence-corrected chi connectivity index (χ3v) is 6.71. The summed E-state index contributed by atoms with van der Waals surface area (Å²) in [4.78, 5) is 38.8. The molecule has 1 aromatic heterocycles. The van der Waals surface area contributed by atoms with Crippen LogP contribution in [0, 0.1) is 25.2 Å². The molecule has 0 radical (unpaired) electrons. The zero-order valence-electron chi connectivity index (χ0n) is 21.2. The standard InChI is InChI=1S/C27H31NO6S/c1-8-33-26(30)24-17(6)25(27(31)34-9-2)35-23(24)13-21(29)19(14-28)11-18-12-20(15(3)4)22(32-7)10-16(18)5/h10-12,15H,8-9,13H2,1-7H3/b19-11+. The van der Waals surface area contributed by atoms with Gasteiger partial charge in [0.1, 0.15) is 16.7 Å². The number of aryl methyl sites for hydroxylation is 1. The van der Waals surface area contributed by atoms with E-state index >= 15 is 0 Å². The lowest BCUT2D eigenvalue weighted by molar-refractivity contribution is -0.114. The molecule has 2 rings (SSSR count). The summed E-state index contributed by atoms with van der Waals surface area (Å²) in [5.41, 5.74) is 3.09. The third-order valence-electron chi connectivity index (χ3n) is 5.44. The molecule has 186 valence electrons. The average molecular weight is 498 g/mol. The molecule has 0 bridgehead atoms. The molecular formula is C27H31NO6S. The van der Waals surface area contributed by atoms with Crippen LogP contribution in [0.15, 0.2) is 17.7 Å². The van der Waals surface area contributed by atoms with E-state index in [1.165, 1.54) is 0 Å². The fraction of sp³-hybridized carbons (Fsp3) is 0.407. The van der Waals surface area contributed by atoms with Gasteiger partial charge in [-0.3, -0.25) is 4.79 Å². The third kappa shape index (κ3) is 6.37. The monoisotopic (exact) mass is 497 g/mol. The van der Waals surface area contributed by atoms with Gasteiger partial charge in [0, 0.05) is 11.3 Å². The van der Waals surface area contributed by atoms with Crippen molar-refractivity contribution >= 4 is 35.1 Å². The van der Waals surface area contributed by atoms with Crippen molar-refractivity contribution in [3.8, 4) is 11.8 Å². The number of hydrogen-bond acceptors (Lipinski definition) is 8. The fourth-order valence-corrected chi connectivity index (χ4v) is 4.82. The molecule has 1 aromatic carbocycles. The second kappa shape index (κ2) is 12.3. The number of allylic oxidation sites excluding steroid dienone is 1. The van der Waals surface area contributed by atoms with Crippen LogP contribution in [0.25, 0.3) is 6.08 Å². The lowest BCUT2D eigenvalue weighted by Gasteiger charge is -2.15. The Balaban J connectivity index is 2.51. The van der Waals surface area contributed by atoms with E-state index in [1.807, 2.05) is 39.0 Å². The van der Waals surface area contributed by atoms with Crippen molar-refractivity contribution < 1.29 is 28.6 Å². The van der Waals surface area contributed by atoms with E-state index in [1.54, 1.807) is 34.0 Å². The lowest BCUT2D eigenvalue weighted by Crippen LogP contribution is -2.12. The van der Waals surface area contributed by atoms with E-state index in [-0.39, 0.29) is 41.6 Å². The highest BCUT2D eigenvalue weighted by molar-refractivity contribution is 7.14. The van der Waals surface area contributed by atoms with Crippen LogP contribution in [-0.2, 0) is 20.7 Å². The molecule has 7 nitrogen and oxygen atoms in total. The number of thiophene rings is 1. The topological polar surface area (TPSA) is 103 Å². The van der Waals surface area contributed by atoms with Gasteiger partial charge < -0.3 is 14.2 Å². The maximum absolute atomic E-state index is 13.2. The van der Waals surface area contributed by atoms with Crippen molar-refractivity contribution in [3.05, 3.63) is 55.3 Å². The van der Waals surface area contributed by atoms with Crippen molar-refractivity contribution in [1.29, 1.82) is 5.26 Å². The van der Waals surface area contributed by atoms with Gasteiger partial charge in [0.2, 0.25) is 0 Å². The first-order valence-corrected chi connectivity index (χ1v) is 12.2. The minimum Gasteiger partial charge on any atom is -0.496 e. The van der Waals surface area contributed by atoms with E-state index in [0.717, 1.165) is 33.8 Å². The molecule has 0 saturated heterocycles. The SMILES string of the molecule is CCOC(=O)c1sc(CC(=O)/C(C#N)=C/c2cc(C(C)C)c(OC)cc2C)c(C(=O)OCC)c1C. The van der Waals surface area contributed by atoms with Gasteiger partial charge in [0.25, 0.3) is 0 Å². The number of benzene rings is 1. The summed E-state index contributed by atoms with van der Waals surface area (Å²) in [6.07, 6.45) is 1.34. The second-order valence-electron chi connectivity index (χ2n) is 8.17. The highest BCUT2D eigenvalue weighted by Gasteiger charge is 2.28. The number of Topliss-reactive ketones (excluding diaryl/α,β-unsaturated/α-hetero) is 1. The average Bonchev–Trinajstić information content (AvgIpc) is 3.13. The zero-order valence-corrected chi connectivity index (χ0v) is 22.1. The molecule has 0 aliphatic heterocycles. The van der Waals surface area contributed by atoms with E-state index in [4.69, 9.17) is 14.2 Å². The number of carbonyl (C=O) groups is 3. The van der Waals surface area contributed by atoms with E-state index in [9.17, 15) is 19.6 Å². The van der Waals surface area contributed by atoms with Gasteiger partial charge in [-0.05, 0) is 74.1 Å². The Kier molecular flexibility index (Phi) is 9.78. The number of hydrogen-bond donors (Lipinski definition) is 0. The summed E-state index contributed by atoms with van der Waals surface area (Å²) >= 11 is 1.02. The Morgan fingerprint density at radius 3 is 2.26 bits per heavy atom. The Morgan fingerprint density at radius 1 is 1.09 bits per heavy atom. The number of methoxy groups -OCH3 is 1. The highest BCUT2D eigenvalue weighted by atomic mass is 32.1. The summed E-state index contributed by atoms with van der Waals surface area (Å²) in [5.74, 6) is -0.711. The molecule has 0 spiro atoms. The molecule has 0 unspecified atom stereocenters. The molecule has 0 amide bonds. The van der Waals surface area contributed by atoms with Crippen LogP contribution in [0.3, 0.4) is 0 Å². The molecule has 35 heavy (non-hydrogen) atoms. The molecule has 0 fully saturated rings. The number of esters is 2. The minimum atomic E-state index is -0.616. The van der Waals surface area contributed by atoms with Gasteiger partial charge in [-0.15, -0.1) is 11.3 Å². The van der Waals surface area contributed by atoms with Crippen molar-refractivity contribution in [2.24, 2.45) is 0 Å². The maximum Gasteiger partial charge on any atom is 0.348 e. The van der Waals surface area contributed by atoms with Crippen molar-refractivity contribution in [1.82, 2.24) is 0 Å². The molecular weight excluding hydrogens is 466 g/mol. The van der Waals surface area contributed by atoms with Gasteiger partial charge in [0.05, 0.1) is 31.5 Å². The Morgan fingerprint density at radius 2 is 1.71 bits per heavy atom. The van der Waals surface area contributed by atoms with Crippen LogP contribution in [-0.4, -0.2) is 38.0 Å². The van der Waals surface area contributed by atoms with E-state index in [2.05, 4.69) is 0 Å². The first-order valence-electron chi connectivity index (χ1n) is 11.4. The van der Waals surface area contributed by atoms with Gasteiger partial charge >= 0.3 is 11.9 Å². The molecule has 0 saturated carbocycles. The Bertz CT molecular complexity index is 1200. The molecule has 8 heteroatoms. The summed E-state index contributed by atoms with van der Waals surface area (Å²) in [6.45, 7) is 11.3. The van der Waals surface area contributed by atoms with Crippen LogP contribution in [0.4, 0.5) is 0 Å². The lowest BCUT2D eigenvalue weighted by atomic mass is 9.94.